The standard InChI is InChI=1S/C26H28N4O5S/c1-17(2)14-23(32)28-19-10-8-18(9-11-19)22(31)15-35-25(34)20-6-4-5-7-21(20)29-24(33)16-36-26-27-12-13-30(26)3/h4-13,17H,14-16H2,1-3H3,(H,28,32)(H,29,33). The van der Waals surface area contributed by atoms with E-state index >= 15 is 0 Å². The number of carbonyl (C=O) groups is 4. The Morgan fingerprint density at radius 1 is 1.00 bits per heavy atom. The normalized spacial score (nSPS) is 10.7. The maximum atomic E-state index is 12.6. The van der Waals surface area contributed by atoms with Crippen molar-refractivity contribution in [1.29, 1.82) is 0 Å². The topological polar surface area (TPSA) is 119 Å². The van der Waals surface area contributed by atoms with Crippen LogP contribution in [0.15, 0.2) is 66.1 Å². The number of carbonyl (C=O) groups excluding carboxylic acids is 4. The lowest BCUT2D eigenvalue weighted by Crippen LogP contribution is -2.19. The zero-order valence-electron chi connectivity index (χ0n) is 20.3. The summed E-state index contributed by atoms with van der Waals surface area (Å²) in [5.41, 5.74) is 1.36. The molecule has 1 aromatic heterocycles. The predicted octanol–water partition coefficient (Wildman–Crippen LogP) is 4.18. The first kappa shape index (κ1) is 26.7. The molecule has 3 aromatic rings. The molecule has 0 bridgehead atoms. The van der Waals surface area contributed by atoms with Crippen LogP contribution < -0.4 is 10.6 Å². The number of ketones is 1. The van der Waals surface area contributed by atoms with E-state index in [4.69, 9.17) is 4.74 Å². The molecule has 0 saturated heterocycles. The van der Waals surface area contributed by atoms with Crippen molar-refractivity contribution in [3.05, 3.63) is 72.1 Å². The fraction of sp³-hybridized carbons (Fsp3) is 0.269. The van der Waals surface area contributed by atoms with Crippen LogP contribution in [0.3, 0.4) is 0 Å². The summed E-state index contributed by atoms with van der Waals surface area (Å²) in [6.45, 7) is 3.45. The van der Waals surface area contributed by atoms with Gasteiger partial charge in [0.1, 0.15) is 0 Å². The number of anilines is 2. The smallest absolute Gasteiger partial charge is 0.340 e. The van der Waals surface area contributed by atoms with Crippen molar-refractivity contribution in [3.8, 4) is 0 Å². The molecular formula is C26H28N4O5S. The minimum atomic E-state index is -0.728. The Kier molecular flexibility index (Phi) is 9.40. The van der Waals surface area contributed by atoms with Crippen molar-refractivity contribution >= 4 is 46.7 Å². The lowest BCUT2D eigenvalue weighted by atomic mass is 10.1. The highest BCUT2D eigenvalue weighted by Gasteiger charge is 2.17. The average molecular weight is 509 g/mol. The Bertz CT molecular complexity index is 1240. The van der Waals surface area contributed by atoms with Crippen molar-refractivity contribution in [2.45, 2.75) is 25.4 Å². The van der Waals surface area contributed by atoms with E-state index in [0.29, 0.717) is 28.5 Å². The predicted molar refractivity (Wildman–Crippen MR) is 138 cm³/mol. The minimum Gasteiger partial charge on any atom is -0.454 e. The molecule has 3 rings (SSSR count). The van der Waals surface area contributed by atoms with Crippen LogP contribution in [-0.4, -0.2) is 45.5 Å². The molecule has 0 aliphatic carbocycles. The van der Waals surface area contributed by atoms with Crippen LogP contribution in [0, 0.1) is 5.92 Å². The van der Waals surface area contributed by atoms with Crippen molar-refractivity contribution in [2.24, 2.45) is 13.0 Å². The SMILES string of the molecule is CC(C)CC(=O)Nc1ccc(C(=O)COC(=O)c2ccccc2NC(=O)CSc2nccn2C)cc1. The number of aryl methyl sites for hydroxylation is 1. The highest BCUT2D eigenvalue weighted by Crippen LogP contribution is 2.19. The number of rotatable bonds is 11. The van der Waals surface area contributed by atoms with Gasteiger partial charge in [-0.25, -0.2) is 9.78 Å². The summed E-state index contributed by atoms with van der Waals surface area (Å²) in [5, 5.41) is 6.18. The van der Waals surface area contributed by atoms with Gasteiger partial charge in [-0.2, -0.15) is 0 Å². The second-order valence-electron chi connectivity index (χ2n) is 8.43. The van der Waals surface area contributed by atoms with Crippen molar-refractivity contribution in [2.75, 3.05) is 23.0 Å². The Hall–Kier alpha value is -3.92. The molecule has 0 atom stereocenters. The molecule has 36 heavy (non-hydrogen) atoms. The number of thioether (sulfide) groups is 1. The third kappa shape index (κ3) is 7.81. The van der Waals surface area contributed by atoms with Crippen molar-refractivity contribution in [1.82, 2.24) is 9.55 Å². The van der Waals surface area contributed by atoms with Gasteiger partial charge in [-0.05, 0) is 42.3 Å². The summed E-state index contributed by atoms with van der Waals surface area (Å²) >= 11 is 1.27. The van der Waals surface area contributed by atoms with Crippen LogP contribution in [0.4, 0.5) is 11.4 Å². The fourth-order valence-corrected chi connectivity index (χ4v) is 3.92. The molecule has 0 radical (unpaired) electrons. The summed E-state index contributed by atoms with van der Waals surface area (Å²) < 4.78 is 7.01. The Morgan fingerprint density at radius 2 is 1.72 bits per heavy atom. The number of esters is 1. The van der Waals surface area contributed by atoms with Gasteiger partial charge in [0.05, 0.1) is 17.0 Å². The number of para-hydroxylation sites is 1. The second-order valence-corrected chi connectivity index (χ2v) is 9.37. The van der Waals surface area contributed by atoms with Crippen LogP contribution in [0.5, 0.6) is 0 Å². The number of hydrogen-bond acceptors (Lipinski definition) is 7. The van der Waals surface area contributed by atoms with Crippen LogP contribution >= 0.6 is 11.8 Å². The maximum Gasteiger partial charge on any atom is 0.340 e. The Morgan fingerprint density at radius 3 is 2.39 bits per heavy atom. The van der Waals surface area contributed by atoms with E-state index < -0.39 is 18.4 Å². The molecule has 0 aliphatic heterocycles. The highest BCUT2D eigenvalue weighted by molar-refractivity contribution is 7.99. The van der Waals surface area contributed by atoms with Gasteiger partial charge in [0.2, 0.25) is 11.8 Å². The molecule has 0 fully saturated rings. The molecule has 0 aliphatic rings. The number of aromatic nitrogens is 2. The number of benzene rings is 2. The lowest BCUT2D eigenvalue weighted by molar-refractivity contribution is -0.117. The van der Waals surface area contributed by atoms with Gasteiger partial charge in [0.25, 0.3) is 0 Å². The maximum absolute atomic E-state index is 12.6. The molecule has 2 aromatic carbocycles. The Labute approximate surface area is 213 Å². The molecule has 10 heteroatoms. The second kappa shape index (κ2) is 12.7. The van der Waals surface area contributed by atoms with E-state index in [1.54, 1.807) is 59.4 Å². The van der Waals surface area contributed by atoms with Gasteiger partial charge in [0, 0.05) is 37.1 Å². The van der Waals surface area contributed by atoms with Gasteiger partial charge in [-0.3, -0.25) is 14.4 Å². The minimum absolute atomic E-state index is 0.0982. The van der Waals surface area contributed by atoms with E-state index in [-0.39, 0.29) is 29.0 Å². The number of imidazole rings is 1. The zero-order valence-corrected chi connectivity index (χ0v) is 21.1. The van der Waals surface area contributed by atoms with E-state index in [2.05, 4.69) is 15.6 Å². The molecule has 0 unspecified atom stereocenters. The number of ether oxygens (including phenoxy) is 1. The van der Waals surface area contributed by atoms with Gasteiger partial charge < -0.3 is 19.9 Å². The van der Waals surface area contributed by atoms with E-state index in [0.717, 1.165) is 0 Å². The third-order valence-electron chi connectivity index (χ3n) is 4.95. The number of amides is 2. The van der Waals surface area contributed by atoms with Crippen molar-refractivity contribution in [3.63, 3.8) is 0 Å². The lowest BCUT2D eigenvalue weighted by Gasteiger charge is -2.11. The zero-order chi connectivity index (χ0) is 26.1. The molecule has 2 N–H and O–H groups in total. The van der Waals surface area contributed by atoms with E-state index in [1.165, 1.54) is 17.8 Å². The summed E-state index contributed by atoms with van der Waals surface area (Å²) in [6.07, 6.45) is 3.83. The summed E-state index contributed by atoms with van der Waals surface area (Å²) in [7, 11) is 1.83. The van der Waals surface area contributed by atoms with Crippen LogP contribution in [0.25, 0.3) is 0 Å². The third-order valence-corrected chi connectivity index (χ3v) is 6.01. The fourth-order valence-electron chi connectivity index (χ4n) is 3.19. The molecule has 0 saturated carbocycles. The Balaban J connectivity index is 1.53. The van der Waals surface area contributed by atoms with E-state index in [1.807, 2.05) is 20.9 Å². The van der Waals surface area contributed by atoms with Gasteiger partial charge >= 0.3 is 5.97 Å². The summed E-state index contributed by atoms with van der Waals surface area (Å²) in [4.78, 5) is 53.6. The first-order chi connectivity index (χ1) is 17.2. The largest absolute Gasteiger partial charge is 0.454 e. The summed E-state index contributed by atoms with van der Waals surface area (Å²) in [5.74, 6) is -1.17. The molecule has 1 heterocycles. The van der Waals surface area contributed by atoms with Gasteiger partial charge in [-0.15, -0.1) is 0 Å². The number of nitrogens with one attached hydrogen (secondary N) is 2. The molecular weight excluding hydrogens is 480 g/mol. The van der Waals surface area contributed by atoms with Crippen LogP contribution in [0.1, 0.15) is 41.0 Å². The summed E-state index contributed by atoms with van der Waals surface area (Å²) in [6, 6.07) is 12.8. The van der Waals surface area contributed by atoms with Gasteiger partial charge in [0.15, 0.2) is 17.5 Å². The van der Waals surface area contributed by atoms with E-state index in [9.17, 15) is 19.2 Å². The molecule has 0 spiro atoms. The number of hydrogen-bond donors (Lipinski definition) is 2. The monoisotopic (exact) mass is 508 g/mol. The number of nitrogens with zero attached hydrogens (tertiary/aromatic N) is 2. The highest BCUT2D eigenvalue weighted by atomic mass is 32.2. The molecule has 188 valence electrons. The van der Waals surface area contributed by atoms with Gasteiger partial charge in [-0.1, -0.05) is 37.7 Å². The molecule has 2 amide bonds. The first-order valence-electron chi connectivity index (χ1n) is 11.3. The van der Waals surface area contributed by atoms with Crippen LogP contribution in [0.2, 0.25) is 0 Å². The number of Topliss-reactive ketones (excluding diaryl/α,β-unsaturated/α-hetero) is 1. The molecule has 9 nitrogen and oxygen atoms in total. The average Bonchev–Trinajstić information content (AvgIpc) is 3.26. The van der Waals surface area contributed by atoms with Crippen LogP contribution in [-0.2, 0) is 21.4 Å². The van der Waals surface area contributed by atoms with Crippen molar-refractivity contribution < 1.29 is 23.9 Å². The quantitative estimate of drug-likeness (QED) is 0.227. The first-order valence-corrected chi connectivity index (χ1v) is 12.3.